The summed E-state index contributed by atoms with van der Waals surface area (Å²) in [5.74, 6) is 0. The highest BCUT2D eigenvalue weighted by atomic mass is 35.5. The summed E-state index contributed by atoms with van der Waals surface area (Å²) >= 11 is 6.17. The zero-order valence-corrected chi connectivity index (χ0v) is 11.2. The van der Waals surface area contributed by atoms with Crippen LogP contribution in [0.15, 0.2) is 24.3 Å². The molecule has 1 rings (SSSR count). The number of unbranched alkanes of at least 4 members (excludes halogenated alkanes) is 1. The maximum Gasteiger partial charge on any atom is 0.0453 e. The molecule has 0 bridgehead atoms. The maximum absolute atomic E-state index is 6.17. The molecule has 0 aromatic heterocycles. The second-order valence-corrected chi connectivity index (χ2v) is 4.86. The lowest BCUT2D eigenvalue weighted by Gasteiger charge is -2.21. The van der Waals surface area contributed by atoms with E-state index < -0.39 is 0 Å². The van der Waals surface area contributed by atoms with Gasteiger partial charge in [0.2, 0.25) is 0 Å². The minimum Gasteiger partial charge on any atom is -0.308 e. The third kappa shape index (κ3) is 4.15. The van der Waals surface area contributed by atoms with Gasteiger partial charge in [-0.05, 0) is 31.9 Å². The van der Waals surface area contributed by atoms with Crippen molar-refractivity contribution in [2.24, 2.45) is 0 Å². The first-order valence-electron chi connectivity index (χ1n) is 6.15. The van der Waals surface area contributed by atoms with Crippen molar-refractivity contribution in [3.63, 3.8) is 0 Å². The van der Waals surface area contributed by atoms with E-state index in [0.29, 0.717) is 12.1 Å². The van der Waals surface area contributed by atoms with Gasteiger partial charge in [-0.3, -0.25) is 0 Å². The van der Waals surface area contributed by atoms with E-state index in [1.54, 1.807) is 0 Å². The Hall–Kier alpha value is -0.530. The van der Waals surface area contributed by atoms with Crippen LogP contribution in [0.1, 0.15) is 51.6 Å². The van der Waals surface area contributed by atoms with Crippen molar-refractivity contribution in [1.29, 1.82) is 0 Å². The maximum atomic E-state index is 6.17. The van der Waals surface area contributed by atoms with Gasteiger partial charge >= 0.3 is 0 Å². The Balaban J connectivity index is 2.52. The summed E-state index contributed by atoms with van der Waals surface area (Å²) < 4.78 is 0. The molecule has 0 saturated carbocycles. The summed E-state index contributed by atoms with van der Waals surface area (Å²) in [6.45, 7) is 6.64. The lowest BCUT2D eigenvalue weighted by atomic mass is 10.1. The summed E-state index contributed by atoms with van der Waals surface area (Å²) in [6, 6.07) is 8.92. The van der Waals surface area contributed by atoms with E-state index in [1.807, 2.05) is 18.2 Å². The summed E-state index contributed by atoms with van der Waals surface area (Å²) in [5.41, 5.74) is 1.19. The van der Waals surface area contributed by atoms with Gasteiger partial charge in [0, 0.05) is 17.1 Å². The molecule has 0 fully saturated rings. The van der Waals surface area contributed by atoms with Crippen molar-refractivity contribution in [2.75, 3.05) is 0 Å². The Morgan fingerprint density at radius 2 is 1.94 bits per heavy atom. The van der Waals surface area contributed by atoms with Crippen LogP contribution in [0.5, 0.6) is 0 Å². The van der Waals surface area contributed by atoms with Gasteiger partial charge in [-0.1, -0.05) is 49.6 Å². The van der Waals surface area contributed by atoms with Crippen LogP contribution >= 0.6 is 11.6 Å². The number of benzene rings is 1. The second kappa shape index (κ2) is 6.93. The van der Waals surface area contributed by atoms with E-state index in [1.165, 1.54) is 24.8 Å². The SMILES string of the molecule is CCCCC(C)N[C@H](C)c1ccccc1Cl. The number of nitrogens with one attached hydrogen (secondary N) is 1. The topological polar surface area (TPSA) is 12.0 Å². The fraction of sp³-hybridized carbons (Fsp3) is 0.571. The van der Waals surface area contributed by atoms with E-state index in [-0.39, 0.29) is 0 Å². The normalized spacial score (nSPS) is 14.8. The lowest BCUT2D eigenvalue weighted by molar-refractivity contribution is 0.444. The Morgan fingerprint density at radius 3 is 2.56 bits per heavy atom. The third-order valence-corrected chi connectivity index (χ3v) is 3.24. The van der Waals surface area contributed by atoms with Gasteiger partial charge in [0.05, 0.1) is 0 Å². The van der Waals surface area contributed by atoms with Crippen LogP contribution in [0.3, 0.4) is 0 Å². The van der Waals surface area contributed by atoms with Gasteiger partial charge in [0.1, 0.15) is 0 Å². The molecule has 0 aliphatic rings. The van der Waals surface area contributed by atoms with E-state index in [2.05, 4.69) is 32.2 Å². The minimum atomic E-state index is 0.320. The van der Waals surface area contributed by atoms with Crippen molar-refractivity contribution < 1.29 is 0 Å². The van der Waals surface area contributed by atoms with Crippen LogP contribution in [-0.2, 0) is 0 Å². The molecule has 1 aromatic rings. The zero-order valence-electron chi connectivity index (χ0n) is 10.5. The molecule has 90 valence electrons. The van der Waals surface area contributed by atoms with Gasteiger partial charge < -0.3 is 5.32 Å². The van der Waals surface area contributed by atoms with Crippen molar-refractivity contribution >= 4 is 11.6 Å². The summed E-state index contributed by atoms with van der Waals surface area (Å²) in [7, 11) is 0. The first-order chi connectivity index (χ1) is 7.65. The largest absolute Gasteiger partial charge is 0.308 e. The molecule has 2 heteroatoms. The van der Waals surface area contributed by atoms with Crippen LogP contribution in [0.2, 0.25) is 5.02 Å². The number of hydrogen-bond donors (Lipinski definition) is 1. The van der Waals surface area contributed by atoms with E-state index in [9.17, 15) is 0 Å². The first-order valence-corrected chi connectivity index (χ1v) is 6.53. The quantitative estimate of drug-likeness (QED) is 0.767. The van der Waals surface area contributed by atoms with Crippen LogP contribution in [0.4, 0.5) is 0 Å². The molecule has 16 heavy (non-hydrogen) atoms. The van der Waals surface area contributed by atoms with Crippen LogP contribution < -0.4 is 5.32 Å². The molecule has 1 aromatic carbocycles. The van der Waals surface area contributed by atoms with E-state index in [0.717, 1.165) is 5.02 Å². The Labute approximate surface area is 104 Å². The van der Waals surface area contributed by atoms with E-state index in [4.69, 9.17) is 11.6 Å². The number of rotatable bonds is 6. The minimum absolute atomic E-state index is 0.320. The van der Waals surface area contributed by atoms with Crippen LogP contribution in [-0.4, -0.2) is 6.04 Å². The number of hydrogen-bond acceptors (Lipinski definition) is 1. The van der Waals surface area contributed by atoms with Crippen molar-refractivity contribution in [2.45, 2.75) is 52.1 Å². The Kier molecular flexibility index (Phi) is 5.86. The molecule has 1 nitrogen and oxygen atoms in total. The second-order valence-electron chi connectivity index (χ2n) is 4.45. The third-order valence-electron chi connectivity index (χ3n) is 2.90. The fourth-order valence-electron chi connectivity index (χ4n) is 1.94. The van der Waals surface area contributed by atoms with Gasteiger partial charge in [0.15, 0.2) is 0 Å². The first kappa shape index (κ1) is 13.5. The van der Waals surface area contributed by atoms with Crippen molar-refractivity contribution in [1.82, 2.24) is 5.32 Å². The molecule has 0 amide bonds. The molecule has 0 aliphatic carbocycles. The molecular formula is C14H22ClN. The van der Waals surface area contributed by atoms with Gasteiger partial charge in [0.25, 0.3) is 0 Å². The highest BCUT2D eigenvalue weighted by molar-refractivity contribution is 6.31. The molecule has 2 atom stereocenters. The molecule has 1 N–H and O–H groups in total. The predicted octanol–water partition coefficient (Wildman–Crippen LogP) is 4.57. The highest BCUT2D eigenvalue weighted by Gasteiger charge is 2.11. The van der Waals surface area contributed by atoms with Gasteiger partial charge in [-0.25, -0.2) is 0 Å². The molecule has 1 unspecified atom stereocenters. The fourth-order valence-corrected chi connectivity index (χ4v) is 2.24. The molecule has 0 heterocycles. The monoisotopic (exact) mass is 239 g/mol. The smallest absolute Gasteiger partial charge is 0.0453 e. The standard InChI is InChI=1S/C14H22ClN/c1-4-5-8-11(2)16-12(3)13-9-6-7-10-14(13)15/h6-7,9-12,16H,4-5,8H2,1-3H3/t11?,12-/m1/s1. The van der Waals surface area contributed by atoms with Crippen LogP contribution in [0, 0.1) is 0 Å². The Bertz CT molecular complexity index is 311. The molecule has 0 aliphatic heterocycles. The predicted molar refractivity (Wildman–Crippen MR) is 72.0 cm³/mol. The molecule has 0 radical (unpaired) electrons. The summed E-state index contributed by atoms with van der Waals surface area (Å²) in [6.07, 6.45) is 3.77. The average molecular weight is 240 g/mol. The summed E-state index contributed by atoms with van der Waals surface area (Å²) in [4.78, 5) is 0. The molecular weight excluding hydrogens is 218 g/mol. The van der Waals surface area contributed by atoms with E-state index >= 15 is 0 Å². The molecule has 0 saturated heterocycles. The van der Waals surface area contributed by atoms with Crippen molar-refractivity contribution in [3.05, 3.63) is 34.9 Å². The van der Waals surface area contributed by atoms with Crippen LogP contribution in [0.25, 0.3) is 0 Å². The zero-order chi connectivity index (χ0) is 12.0. The van der Waals surface area contributed by atoms with Gasteiger partial charge in [-0.2, -0.15) is 0 Å². The van der Waals surface area contributed by atoms with Crippen molar-refractivity contribution in [3.8, 4) is 0 Å². The molecule has 0 spiro atoms. The average Bonchev–Trinajstić information content (AvgIpc) is 2.26. The van der Waals surface area contributed by atoms with Gasteiger partial charge in [-0.15, -0.1) is 0 Å². The summed E-state index contributed by atoms with van der Waals surface area (Å²) in [5, 5.41) is 4.44. The Morgan fingerprint density at radius 1 is 1.25 bits per heavy atom. The number of halogens is 1. The lowest BCUT2D eigenvalue weighted by Crippen LogP contribution is -2.28. The highest BCUT2D eigenvalue weighted by Crippen LogP contribution is 2.22.